The van der Waals surface area contributed by atoms with Crippen molar-refractivity contribution in [3.8, 4) is 0 Å². The monoisotopic (exact) mass is 451 g/mol. The van der Waals surface area contributed by atoms with E-state index in [-0.39, 0.29) is 17.1 Å². The Hall–Kier alpha value is -4.17. The molecule has 0 bridgehead atoms. The van der Waals surface area contributed by atoms with E-state index in [0.29, 0.717) is 11.4 Å². The fraction of sp³-hybridized carbons (Fsp3) is 0.353. The minimum atomic E-state index is -3.18. The van der Waals surface area contributed by atoms with Crippen LogP contribution in [-0.4, -0.2) is 46.1 Å². The lowest BCUT2D eigenvalue weighted by Crippen LogP contribution is -2.23. The molecule has 15 heteroatoms. The highest BCUT2D eigenvalue weighted by Crippen LogP contribution is 2.30. The van der Waals surface area contributed by atoms with Crippen LogP contribution in [0.5, 0.6) is 0 Å². The van der Waals surface area contributed by atoms with Gasteiger partial charge in [0, 0.05) is 14.1 Å². The predicted molar refractivity (Wildman–Crippen MR) is 106 cm³/mol. The van der Waals surface area contributed by atoms with E-state index < -0.39 is 41.1 Å². The lowest BCUT2D eigenvalue weighted by atomic mass is 10.3. The van der Waals surface area contributed by atoms with Crippen molar-refractivity contribution in [1.29, 1.82) is 0 Å². The second-order valence-electron chi connectivity index (χ2n) is 6.83. The number of carbonyl (C=O) groups excluding carboxylic acids is 2. The average Bonchev–Trinajstić information content (AvgIpc) is 3.33. The first-order valence-corrected chi connectivity index (χ1v) is 9.12. The van der Waals surface area contributed by atoms with Crippen LogP contribution in [0.3, 0.4) is 0 Å². The summed E-state index contributed by atoms with van der Waals surface area (Å²) in [4.78, 5) is 35.3. The van der Waals surface area contributed by atoms with Gasteiger partial charge in [-0.05, 0) is 13.8 Å². The molecule has 170 valence electrons. The van der Waals surface area contributed by atoms with Crippen molar-refractivity contribution >= 4 is 28.9 Å². The van der Waals surface area contributed by atoms with E-state index >= 15 is 0 Å². The van der Waals surface area contributed by atoms with E-state index in [4.69, 9.17) is 0 Å². The van der Waals surface area contributed by atoms with Crippen LogP contribution in [-0.2, 0) is 25.4 Å². The van der Waals surface area contributed by atoms with Gasteiger partial charge >= 0.3 is 5.69 Å². The molecule has 2 amide bonds. The van der Waals surface area contributed by atoms with Crippen molar-refractivity contribution in [2.75, 3.05) is 10.6 Å². The predicted octanol–water partition coefficient (Wildman–Crippen LogP) is 1.70. The number of carbonyl (C=O) groups is 2. The van der Waals surface area contributed by atoms with E-state index in [1.807, 2.05) is 0 Å². The second kappa shape index (κ2) is 8.52. The molecule has 2 N–H and O–H groups in total. The van der Waals surface area contributed by atoms with Crippen LogP contribution >= 0.6 is 0 Å². The van der Waals surface area contributed by atoms with Gasteiger partial charge in [-0.3, -0.25) is 33.7 Å². The van der Waals surface area contributed by atoms with E-state index in [0.717, 1.165) is 4.68 Å². The number of aryl methyl sites for hydroxylation is 2. The standard InChI is InChI=1S/C17H19F2N9O4/c1-8-10(5-20-25(8)3)23-17(30)15-11(6-21-26(15)4)22-12(29)7-27-9(2)14(28(31)32)13(24-27)16(18)19/h5-6,16H,7H2,1-4H3,(H,22,29)(H,23,30). The number of nitro groups is 1. The zero-order valence-corrected chi connectivity index (χ0v) is 17.5. The van der Waals surface area contributed by atoms with Gasteiger partial charge in [0.05, 0.1) is 34.4 Å². The summed E-state index contributed by atoms with van der Waals surface area (Å²) in [5.41, 5.74) is -0.805. The molecule has 3 aromatic rings. The van der Waals surface area contributed by atoms with Crippen LogP contribution in [0.1, 0.15) is 34.0 Å². The number of nitrogens with one attached hydrogen (secondary N) is 2. The first kappa shape index (κ1) is 22.5. The SMILES string of the molecule is Cc1c(NC(=O)c2c(NC(=O)Cn3nc(C(F)F)c([N+](=O)[O-])c3C)cnn2C)cnn1C. The number of alkyl halides is 2. The van der Waals surface area contributed by atoms with Crippen LogP contribution in [0.4, 0.5) is 25.8 Å². The first-order chi connectivity index (χ1) is 15.0. The average molecular weight is 451 g/mol. The summed E-state index contributed by atoms with van der Waals surface area (Å²) in [6.07, 6.45) is -0.468. The minimum Gasteiger partial charge on any atom is -0.321 e. The lowest BCUT2D eigenvalue weighted by Gasteiger charge is -2.09. The molecular weight excluding hydrogens is 432 g/mol. The maximum absolute atomic E-state index is 13.1. The molecule has 3 rings (SSSR count). The van der Waals surface area contributed by atoms with Crippen LogP contribution in [0, 0.1) is 24.0 Å². The topological polar surface area (TPSA) is 155 Å². The highest BCUT2D eigenvalue weighted by atomic mass is 19.3. The molecule has 13 nitrogen and oxygen atoms in total. The van der Waals surface area contributed by atoms with Gasteiger partial charge in [-0.2, -0.15) is 15.3 Å². The highest BCUT2D eigenvalue weighted by Gasteiger charge is 2.31. The number of nitrogens with zero attached hydrogens (tertiary/aromatic N) is 7. The summed E-state index contributed by atoms with van der Waals surface area (Å²) in [6, 6.07) is 0. The Labute approximate surface area is 179 Å². The summed E-state index contributed by atoms with van der Waals surface area (Å²) in [5.74, 6) is -1.31. The van der Waals surface area contributed by atoms with Gasteiger partial charge in [-0.15, -0.1) is 0 Å². The van der Waals surface area contributed by atoms with Crippen molar-refractivity contribution in [1.82, 2.24) is 29.3 Å². The zero-order chi connectivity index (χ0) is 23.7. The van der Waals surface area contributed by atoms with Gasteiger partial charge in [0.25, 0.3) is 12.3 Å². The van der Waals surface area contributed by atoms with Gasteiger partial charge in [-0.25, -0.2) is 8.78 Å². The molecule has 0 aliphatic heterocycles. The third-order valence-electron chi connectivity index (χ3n) is 4.79. The Balaban J connectivity index is 1.80. The Bertz CT molecular complexity index is 1210. The van der Waals surface area contributed by atoms with Gasteiger partial charge in [-0.1, -0.05) is 0 Å². The molecule has 0 unspecified atom stereocenters. The fourth-order valence-corrected chi connectivity index (χ4v) is 3.01. The molecule has 0 aromatic carbocycles. The number of hydrogen-bond donors (Lipinski definition) is 2. The number of rotatable bonds is 7. The molecule has 0 spiro atoms. The van der Waals surface area contributed by atoms with Gasteiger partial charge in [0.1, 0.15) is 17.9 Å². The molecule has 0 aliphatic carbocycles. The smallest absolute Gasteiger partial charge is 0.319 e. The number of halogens is 2. The summed E-state index contributed by atoms with van der Waals surface area (Å²) < 4.78 is 29.8. The fourth-order valence-electron chi connectivity index (χ4n) is 3.01. The number of aromatic nitrogens is 6. The maximum Gasteiger partial charge on any atom is 0.319 e. The maximum atomic E-state index is 13.1. The van der Waals surface area contributed by atoms with Crippen molar-refractivity contribution in [3.05, 3.63) is 45.3 Å². The Morgan fingerprint density at radius 2 is 1.72 bits per heavy atom. The molecular formula is C17H19F2N9O4. The molecule has 3 aromatic heterocycles. The molecule has 3 heterocycles. The zero-order valence-electron chi connectivity index (χ0n) is 17.5. The molecule has 0 fully saturated rings. The Kier molecular flexibility index (Phi) is 6.00. The first-order valence-electron chi connectivity index (χ1n) is 9.12. The van der Waals surface area contributed by atoms with Crippen molar-refractivity contribution in [3.63, 3.8) is 0 Å². The largest absolute Gasteiger partial charge is 0.321 e. The lowest BCUT2D eigenvalue weighted by molar-refractivity contribution is -0.386. The van der Waals surface area contributed by atoms with E-state index in [9.17, 15) is 28.5 Å². The van der Waals surface area contributed by atoms with Gasteiger partial charge in [0.15, 0.2) is 0 Å². The summed E-state index contributed by atoms with van der Waals surface area (Å²) in [7, 11) is 3.21. The number of hydrogen-bond acceptors (Lipinski definition) is 7. The third kappa shape index (κ3) is 4.17. The molecule has 0 radical (unpaired) electrons. The normalized spacial score (nSPS) is 11.1. The van der Waals surface area contributed by atoms with Gasteiger partial charge in [0.2, 0.25) is 11.6 Å². The summed E-state index contributed by atoms with van der Waals surface area (Å²) in [5, 5.41) is 27.7. The molecule has 0 aliphatic rings. The number of amides is 2. The summed E-state index contributed by atoms with van der Waals surface area (Å²) >= 11 is 0. The molecule has 0 atom stereocenters. The molecule has 32 heavy (non-hydrogen) atoms. The van der Waals surface area contributed by atoms with Crippen LogP contribution in [0.2, 0.25) is 0 Å². The second-order valence-corrected chi connectivity index (χ2v) is 6.83. The minimum absolute atomic E-state index is 0.0260. The molecule has 0 saturated carbocycles. The Morgan fingerprint density at radius 1 is 1.09 bits per heavy atom. The quantitative estimate of drug-likeness (QED) is 0.409. The highest BCUT2D eigenvalue weighted by molar-refractivity contribution is 6.09. The number of anilines is 2. The van der Waals surface area contributed by atoms with Crippen LogP contribution < -0.4 is 10.6 Å². The molecule has 0 saturated heterocycles. The van der Waals surface area contributed by atoms with Gasteiger partial charge < -0.3 is 10.6 Å². The van der Waals surface area contributed by atoms with E-state index in [1.54, 1.807) is 18.7 Å². The Morgan fingerprint density at radius 3 is 2.25 bits per heavy atom. The van der Waals surface area contributed by atoms with Crippen LogP contribution in [0.15, 0.2) is 12.4 Å². The summed E-state index contributed by atoms with van der Waals surface area (Å²) in [6.45, 7) is 2.38. The van der Waals surface area contributed by atoms with Crippen molar-refractivity contribution in [2.24, 2.45) is 14.1 Å². The van der Waals surface area contributed by atoms with Crippen LogP contribution in [0.25, 0.3) is 0 Å². The van der Waals surface area contributed by atoms with Crippen molar-refractivity contribution in [2.45, 2.75) is 26.8 Å². The third-order valence-corrected chi connectivity index (χ3v) is 4.79. The van der Waals surface area contributed by atoms with E-state index in [1.165, 1.54) is 31.0 Å². The van der Waals surface area contributed by atoms with Crippen molar-refractivity contribution < 1.29 is 23.3 Å². The van der Waals surface area contributed by atoms with E-state index in [2.05, 4.69) is 25.9 Å².